The maximum Gasteiger partial charge on any atom is 0.176 e. The average molecular weight is 214 g/mol. The molecular weight excluding hydrogens is 202 g/mol. The van der Waals surface area contributed by atoms with Crippen molar-refractivity contribution in [3.63, 3.8) is 0 Å². The number of phenols is 1. The second-order valence-electron chi connectivity index (χ2n) is 3.16. The van der Waals surface area contributed by atoms with Crippen molar-refractivity contribution in [3.8, 4) is 5.75 Å². The van der Waals surface area contributed by atoms with Gasteiger partial charge in [-0.1, -0.05) is 11.6 Å². The number of benzene rings is 1. The third kappa shape index (κ3) is 1.74. The third-order valence-electron chi connectivity index (χ3n) is 2.16. The number of hydrogen-bond donors (Lipinski definition) is 2. The summed E-state index contributed by atoms with van der Waals surface area (Å²) in [6.07, 6.45) is 0. The lowest BCUT2D eigenvalue weighted by molar-refractivity contribution is 0.100. The van der Waals surface area contributed by atoms with Crippen molar-refractivity contribution in [3.05, 3.63) is 27.8 Å². The van der Waals surface area contributed by atoms with Gasteiger partial charge < -0.3 is 10.8 Å². The van der Waals surface area contributed by atoms with Gasteiger partial charge in [-0.15, -0.1) is 0 Å². The van der Waals surface area contributed by atoms with Crippen molar-refractivity contribution in [2.24, 2.45) is 5.73 Å². The molecule has 3 N–H and O–H groups in total. The highest BCUT2D eigenvalue weighted by atomic mass is 35.5. The molecule has 0 spiro atoms. The lowest BCUT2D eigenvalue weighted by Gasteiger charge is -2.09. The van der Waals surface area contributed by atoms with Gasteiger partial charge in [0, 0.05) is 11.1 Å². The van der Waals surface area contributed by atoms with Crippen LogP contribution in [-0.4, -0.2) is 17.4 Å². The highest BCUT2D eigenvalue weighted by molar-refractivity contribution is 6.33. The van der Waals surface area contributed by atoms with E-state index >= 15 is 0 Å². The fraction of sp³-hybridized carbons (Fsp3) is 0.300. The van der Waals surface area contributed by atoms with Crippen molar-refractivity contribution in [1.29, 1.82) is 0 Å². The molecule has 0 aliphatic heterocycles. The van der Waals surface area contributed by atoms with E-state index in [9.17, 15) is 9.90 Å². The van der Waals surface area contributed by atoms with Crippen molar-refractivity contribution < 1.29 is 9.90 Å². The minimum Gasteiger partial charge on any atom is -0.506 e. The van der Waals surface area contributed by atoms with Crippen LogP contribution < -0.4 is 5.73 Å². The lowest BCUT2D eigenvalue weighted by atomic mass is 10.0. The summed E-state index contributed by atoms with van der Waals surface area (Å²) in [7, 11) is 0. The summed E-state index contributed by atoms with van der Waals surface area (Å²) in [5.74, 6) is -0.235. The molecule has 1 rings (SSSR count). The Kier molecular flexibility index (Phi) is 3.13. The number of nitrogens with two attached hydrogens (primary N) is 1. The number of ketones is 1. The van der Waals surface area contributed by atoms with Crippen LogP contribution in [0.2, 0.25) is 5.02 Å². The molecule has 0 unspecified atom stereocenters. The molecule has 1 aromatic rings. The van der Waals surface area contributed by atoms with Crippen LogP contribution in [0, 0.1) is 13.8 Å². The smallest absolute Gasteiger partial charge is 0.176 e. The van der Waals surface area contributed by atoms with Gasteiger partial charge in [-0.05, 0) is 25.5 Å². The summed E-state index contributed by atoms with van der Waals surface area (Å²) in [4.78, 5) is 11.4. The van der Waals surface area contributed by atoms with E-state index in [0.29, 0.717) is 16.7 Å². The zero-order valence-electron chi connectivity index (χ0n) is 8.10. The van der Waals surface area contributed by atoms with E-state index in [1.807, 2.05) is 0 Å². The van der Waals surface area contributed by atoms with Crippen LogP contribution in [-0.2, 0) is 0 Å². The van der Waals surface area contributed by atoms with Gasteiger partial charge in [0.25, 0.3) is 0 Å². The van der Waals surface area contributed by atoms with Gasteiger partial charge in [0.15, 0.2) is 5.78 Å². The largest absolute Gasteiger partial charge is 0.506 e. The number of rotatable bonds is 2. The number of phenolic OH excluding ortho intramolecular Hbond substituents is 1. The molecule has 0 aromatic heterocycles. The van der Waals surface area contributed by atoms with Gasteiger partial charge in [-0.25, -0.2) is 0 Å². The number of hydrogen-bond acceptors (Lipinski definition) is 3. The summed E-state index contributed by atoms with van der Waals surface area (Å²) in [6.45, 7) is 3.31. The van der Waals surface area contributed by atoms with E-state index in [1.165, 1.54) is 0 Å². The van der Waals surface area contributed by atoms with Crippen LogP contribution in [0.1, 0.15) is 21.5 Å². The molecule has 14 heavy (non-hydrogen) atoms. The van der Waals surface area contributed by atoms with Crippen LogP contribution in [0.3, 0.4) is 0 Å². The Labute approximate surface area is 87.5 Å². The van der Waals surface area contributed by atoms with Crippen molar-refractivity contribution in [2.45, 2.75) is 13.8 Å². The first-order chi connectivity index (χ1) is 6.49. The zero-order valence-corrected chi connectivity index (χ0v) is 8.85. The van der Waals surface area contributed by atoms with E-state index < -0.39 is 0 Å². The van der Waals surface area contributed by atoms with E-state index in [2.05, 4.69) is 0 Å². The number of Topliss-reactive ketones (excluding diaryl/α,β-unsaturated/α-hetero) is 1. The number of aryl methyl sites for hydroxylation is 1. The molecule has 0 saturated heterocycles. The molecule has 76 valence electrons. The number of carbonyl (C=O) groups is 1. The topological polar surface area (TPSA) is 63.3 Å². The SMILES string of the molecule is Cc1cc(C(=O)CN)c(C)c(O)c1Cl. The van der Waals surface area contributed by atoms with Crippen LogP contribution in [0.15, 0.2) is 6.07 Å². The van der Waals surface area contributed by atoms with Crippen molar-refractivity contribution in [1.82, 2.24) is 0 Å². The first kappa shape index (κ1) is 11.0. The molecule has 0 saturated carbocycles. The van der Waals surface area contributed by atoms with Crippen LogP contribution in [0.25, 0.3) is 0 Å². The molecule has 0 heterocycles. The second-order valence-corrected chi connectivity index (χ2v) is 3.53. The molecule has 0 amide bonds. The predicted molar refractivity (Wildman–Crippen MR) is 56.0 cm³/mol. The summed E-state index contributed by atoms with van der Waals surface area (Å²) in [6, 6.07) is 1.65. The van der Waals surface area contributed by atoms with Crippen LogP contribution >= 0.6 is 11.6 Å². The minimum atomic E-state index is -0.197. The van der Waals surface area contributed by atoms with Gasteiger partial charge in [0.2, 0.25) is 0 Å². The van der Waals surface area contributed by atoms with Gasteiger partial charge in [-0.2, -0.15) is 0 Å². The molecule has 0 aliphatic rings. The summed E-state index contributed by atoms with van der Waals surface area (Å²) in [5.41, 5.74) is 6.84. The molecule has 1 aromatic carbocycles. The quantitative estimate of drug-likeness (QED) is 0.737. The molecule has 0 fully saturated rings. The molecule has 0 bridgehead atoms. The van der Waals surface area contributed by atoms with Gasteiger partial charge in [0.1, 0.15) is 5.75 Å². The molecule has 0 atom stereocenters. The maximum atomic E-state index is 11.4. The van der Waals surface area contributed by atoms with Gasteiger partial charge in [-0.3, -0.25) is 4.79 Å². The molecular formula is C10H12ClNO2. The first-order valence-electron chi connectivity index (χ1n) is 4.21. The Balaban J connectivity index is 3.40. The standard InChI is InChI=1S/C10H12ClNO2/c1-5-3-7(8(13)4-12)6(2)10(14)9(5)11/h3,14H,4,12H2,1-2H3. The molecule has 4 heteroatoms. The fourth-order valence-corrected chi connectivity index (χ4v) is 1.46. The van der Waals surface area contributed by atoms with Crippen molar-refractivity contribution >= 4 is 17.4 Å². The minimum absolute atomic E-state index is 0.0385. The number of carbonyl (C=O) groups excluding carboxylic acids is 1. The average Bonchev–Trinajstić information content (AvgIpc) is 2.19. The molecule has 3 nitrogen and oxygen atoms in total. The van der Waals surface area contributed by atoms with E-state index in [-0.39, 0.29) is 23.1 Å². The van der Waals surface area contributed by atoms with E-state index in [4.69, 9.17) is 17.3 Å². The highest BCUT2D eigenvalue weighted by Gasteiger charge is 2.14. The Morgan fingerprint density at radius 1 is 1.57 bits per heavy atom. The monoisotopic (exact) mass is 213 g/mol. The van der Waals surface area contributed by atoms with Crippen LogP contribution in [0.4, 0.5) is 0 Å². The third-order valence-corrected chi connectivity index (χ3v) is 2.64. The van der Waals surface area contributed by atoms with Crippen LogP contribution in [0.5, 0.6) is 5.75 Å². The number of halogens is 1. The predicted octanol–water partition coefficient (Wildman–Crippen LogP) is 1.80. The Bertz CT molecular complexity index is 388. The maximum absolute atomic E-state index is 11.4. The van der Waals surface area contributed by atoms with E-state index in [1.54, 1.807) is 19.9 Å². The Morgan fingerprint density at radius 2 is 2.14 bits per heavy atom. The molecule has 0 radical (unpaired) electrons. The first-order valence-corrected chi connectivity index (χ1v) is 4.58. The lowest BCUT2D eigenvalue weighted by Crippen LogP contribution is -2.15. The normalized spacial score (nSPS) is 10.3. The van der Waals surface area contributed by atoms with Gasteiger partial charge in [0.05, 0.1) is 11.6 Å². The summed E-state index contributed by atoms with van der Waals surface area (Å²) >= 11 is 5.81. The Morgan fingerprint density at radius 3 is 2.64 bits per heavy atom. The molecule has 0 aliphatic carbocycles. The summed E-state index contributed by atoms with van der Waals surface area (Å²) < 4.78 is 0. The fourth-order valence-electron chi connectivity index (χ4n) is 1.27. The Hall–Kier alpha value is -1.06. The second kappa shape index (κ2) is 3.98. The highest BCUT2D eigenvalue weighted by Crippen LogP contribution is 2.32. The van der Waals surface area contributed by atoms with E-state index in [0.717, 1.165) is 0 Å². The van der Waals surface area contributed by atoms with Gasteiger partial charge >= 0.3 is 0 Å². The summed E-state index contributed by atoms with van der Waals surface area (Å²) in [5, 5.41) is 9.88. The number of aromatic hydroxyl groups is 1. The zero-order chi connectivity index (χ0) is 10.9. The van der Waals surface area contributed by atoms with Crippen molar-refractivity contribution in [2.75, 3.05) is 6.54 Å².